The van der Waals surface area contributed by atoms with Gasteiger partial charge in [0.1, 0.15) is 0 Å². The summed E-state index contributed by atoms with van der Waals surface area (Å²) in [5, 5.41) is 2.19. The van der Waals surface area contributed by atoms with Crippen molar-refractivity contribution >= 4 is 23.7 Å². The van der Waals surface area contributed by atoms with E-state index in [9.17, 15) is 0 Å². The van der Waals surface area contributed by atoms with Gasteiger partial charge in [0.15, 0.2) is 0 Å². The summed E-state index contributed by atoms with van der Waals surface area (Å²) in [5.41, 5.74) is 7.34. The molecule has 2 atom stereocenters. The second-order valence-electron chi connectivity index (χ2n) is 4.92. The van der Waals surface area contributed by atoms with Crippen LogP contribution in [-0.2, 0) is 6.54 Å². The third-order valence-electron chi connectivity index (χ3n) is 3.79. The highest BCUT2D eigenvalue weighted by Gasteiger charge is 2.27. The second-order valence-corrected chi connectivity index (χ2v) is 5.92. The van der Waals surface area contributed by atoms with Gasteiger partial charge < -0.3 is 5.73 Å². The van der Waals surface area contributed by atoms with Crippen LogP contribution in [-0.4, -0.2) is 24.0 Å². The summed E-state index contributed by atoms with van der Waals surface area (Å²) in [6.07, 6.45) is 2.66. The number of piperidine rings is 1. The van der Waals surface area contributed by atoms with E-state index in [2.05, 4.69) is 30.2 Å². The third kappa shape index (κ3) is 3.44. The van der Waals surface area contributed by atoms with Gasteiger partial charge in [-0.25, -0.2) is 0 Å². The van der Waals surface area contributed by atoms with Crippen LogP contribution in [0.2, 0.25) is 0 Å². The monoisotopic (exact) mass is 274 g/mol. The highest BCUT2D eigenvalue weighted by molar-refractivity contribution is 7.10. The number of rotatable bonds is 3. The quantitative estimate of drug-likeness (QED) is 0.918. The van der Waals surface area contributed by atoms with Crippen LogP contribution in [0.25, 0.3) is 0 Å². The Labute approximate surface area is 115 Å². The summed E-state index contributed by atoms with van der Waals surface area (Å²) >= 11 is 1.87. The normalized spacial score (nSPS) is 25.6. The predicted octanol–water partition coefficient (Wildman–Crippen LogP) is 3.04. The Balaban J connectivity index is 0.00000144. The number of halogens is 1. The molecule has 0 saturated carbocycles. The lowest BCUT2D eigenvalue weighted by molar-refractivity contribution is 0.1000. The van der Waals surface area contributed by atoms with Gasteiger partial charge in [-0.3, -0.25) is 4.90 Å². The SMILES string of the molecule is Cc1ccsc1CN1CCCC(C)C1CN.Cl. The fraction of sp³-hybridized carbons (Fsp3) is 0.692. The summed E-state index contributed by atoms with van der Waals surface area (Å²) in [5.74, 6) is 0.749. The molecule has 4 heteroatoms. The van der Waals surface area contributed by atoms with Gasteiger partial charge in [0.25, 0.3) is 0 Å². The van der Waals surface area contributed by atoms with Gasteiger partial charge in [-0.2, -0.15) is 0 Å². The molecule has 98 valence electrons. The van der Waals surface area contributed by atoms with Gasteiger partial charge in [-0.15, -0.1) is 23.7 Å². The molecule has 1 aromatic heterocycles. The zero-order valence-corrected chi connectivity index (χ0v) is 12.3. The summed E-state index contributed by atoms with van der Waals surface area (Å²) in [7, 11) is 0. The van der Waals surface area contributed by atoms with Crippen molar-refractivity contribution in [3.05, 3.63) is 21.9 Å². The van der Waals surface area contributed by atoms with E-state index in [0.717, 1.165) is 19.0 Å². The number of hydrogen-bond acceptors (Lipinski definition) is 3. The molecule has 0 radical (unpaired) electrons. The molecule has 2 rings (SSSR count). The van der Waals surface area contributed by atoms with Crippen LogP contribution in [0.5, 0.6) is 0 Å². The summed E-state index contributed by atoms with van der Waals surface area (Å²) in [4.78, 5) is 4.08. The Bertz CT molecular complexity index is 340. The molecule has 2 nitrogen and oxygen atoms in total. The van der Waals surface area contributed by atoms with E-state index in [1.165, 1.54) is 29.8 Å². The minimum absolute atomic E-state index is 0. The first kappa shape index (κ1) is 15.0. The third-order valence-corrected chi connectivity index (χ3v) is 4.79. The van der Waals surface area contributed by atoms with Crippen LogP contribution in [0.3, 0.4) is 0 Å². The van der Waals surface area contributed by atoms with Gasteiger partial charge in [-0.05, 0) is 49.2 Å². The minimum atomic E-state index is 0. The number of aryl methyl sites for hydroxylation is 1. The zero-order chi connectivity index (χ0) is 11.5. The van der Waals surface area contributed by atoms with E-state index >= 15 is 0 Å². The number of nitrogens with two attached hydrogens (primary N) is 1. The highest BCUT2D eigenvalue weighted by Crippen LogP contribution is 2.26. The molecule has 1 fully saturated rings. The molecule has 1 aliphatic rings. The topological polar surface area (TPSA) is 29.3 Å². The Morgan fingerprint density at radius 3 is 2.88 bits per heavy atom. The van der Waals surface area contributed by atoms with Crippen LogP contribution in [0.1, 0.15) is 30.2 Å². The molecular formula is C13H23ClN2S. The molecule has 0 spiro atoms. The number of hydrogen-bond donors (Lipinski definition) is 1. The summed E-state index contributed by atoms with van der Waals surface area (Å²) in [6, 6.07) is 2.79. The first-order valence-corrected chi connectivity index (χ1v) is 7.07. The lowest BCUT2D eigenvalue weighted by Crippen LogP contribution is -2.47. The maximum atomic E-state index is 5.91. The predicted molar refractivity (Wildman–Crippen MR) is 78.0 cm³/mol. The number of likely N-dealkylation sites (tertiary alicyclic amines) is 1. The molecule has 0 aliphatic carbocycles. The van der Waals surface area contributed by atoms with Crippen molar-refractivity contribution in [2.75, 3.05) is 13.1 Å². The van der Waals surface area contributed by atoms with Crippen molar-refractivity contribution < 1.29 is 0 Å². The minimum Gasteiger partial charge on any atom is -0.329 e. The standard InChI is InChI=1S/C13H22N2S.ClH/c1-10-4-3-6-15(12(10)8-14)9-13-11(2)5-7-16-13;/h5,7,10,12H,3-4,6,8-9,14H2,1-2H3;1H. The van der Waals surface area contributed by atoms with Gasteiger partial charge in [-0.1, -0.05) is 6.92 Å². The van der Waals surface area contributed by atoms with Gasteiger partial charge in [0.2, 0.25) is 0 Å². The van der Waals surface area contributed by atoms with Crippen LogP contribution >= 0.6 is 23.7 Å². The van der Waals surface area contributed by atoms with Crippen molar-refractivity contribution in [1.29, 1.82) is 0 Å². The lowest BCUT2D eigenvalue weighted by Gasteiger charge is -2.39. The lowest BCUT2D eigenvalue weighted by atomic mass is 9.91. The average molecular weight is 275 g/mol. The van der Waals surface area contributed by atoms with Crippen LogP contribution in [0.15, 0.2) is 11.4 Å². The smallest absolute Gasteiger partial charge is 0.0334 e. The van der Waals surface area contributed by atoms with E-state index in [1.807, 2.05) is 11.3 Å². The fourth-order valence-corrected chi connectivity index (χ4v) is 3.59. The Kier molecular flexibility index (Phi) is 5.93. The first-order valence-electron chi connectivity index (χ1n) is 6.19. The van der Waals surface area contributed by atoms with Gasteiger partial charge in [0.05, 0.1) is 0 Å². The molecule has 17 heavy (non-hydrogen) atoms. The molecule has 1 aromatic rings. The van der Waals surface area contributed by atoms with Crippen molar-refractivity contribution in [3.8, 4) is 0 Å². The van der Waals surface area contributed by atoms with Crippen LogP contribution in [0.4, 0.5) is 0 Å². The molecule has 1 aliphatic heterocycles. The first-order chi connectivity index (χ1) is 7.72. The maximum Gasteiger partial charge on any atom is 0.0334 e. The fourth-order valence-electron chi connectivity index (χ4n) is 2.66. The van der Waals surface area contributed by atoms with Crippen LogP contribution in [0, 0.1) is 12.8 Å². The Morgan fingerprint density at radius 2 is 2.29 bits per heavy atom. The van der Waals surface area contributed by atoms with Gasteiger partial charge in [0, 0.05) is 24.0 Å². The van der Waals surface area contributed by atoms with E-state index in [-0.39, 0.29) is 12.4 Å². The van der Waals surface area contributed by atoms with E-state index in [4.69, 9.17) is 5.73 Å². The van der Waals surface area contributed by atoms with E-state index < -0.39 is 0 Å². The molecule has 2 heterocycles. The summed E-state index contributed by atoms with van der Waals surface area (Å²) < 4.78 is 0. The Hall–Kier alpha value is -0.0900. The second kappa shape index (κ2) is 6.74. The maximum absolute atomic E-state index is 5.91. The van der Waals surface area contributed by atoms with Crippen molar-refractivity contribution in [3.63, 3.8) is 0 Å². The van der Waals surface area contributed by atoms with Crippen molar-refractivity contribution in [2.45, 2.75) is 39.3 Å². The zero-order valence-electron chi connectivity index (χ0n) is 10.7. The molecule has 2 unspecified atom stereocenters. The molecule has 0 bridgehead atoms. The molecular weight excluding hydrogens is 252 g/mol. The molecule has 1 saturated heterocycles. The van der Waals surface area contributed by atoms with Gasteiger partial charge >= 0.3 is 0 Å². The number of thiophene rings is 1. The van der Waals surface area contributed by atoms with Crippen molar-refractivity contribution in [2.24, 2.45) is 11.7 Å². The highest BCUT2D eigenvalue weighted by atomic mass is 35.5. The molecule has 2 N–H and O–H groups in total. The van der Waals surface area contributed by atoms with Crippen LogP contribution < -0.4 is 5.73 Å². The number of nitrogens with zero attached hydrogens (tertiary/aromatic N) is 1. The molecule has 0 amide bonds. The average Bonchev–Trinajstić information content (AvgIpc) is 2.65. The Morgan fingerprint density at radius 1 is 1.53 bits per heavy atom. The van der Waals surface area contributed by atoms with Crippen molar-refractivity contribution in [1.82, 2.24) is 4.90 Å². The summed E-state index contributed by atoms with van der Waals surface area (Å²) in [6.45, 7) is 7.65. The molecule has 0 aromatic carbocycles. The van der Waals surface area contributed by atoms with E-state index in [1.54, 1.807) is 0 Å². The largest absolute Gasteiger partial charge is 0.329 e. The van der Waals surface area contributed by atoms with E-state index in [0.29, 0.717) is 6.04 Å².